The zero-order valence-electron chi connectivity index (χ0n) is 14.4. The zero-order chi connectivity index (χ0) is 17.8. The minimum absolute atomic E-state index is 0.0565. The Morgan fingerprint density at radius 2 is 1.76 bits per heavy atom. The molecular formula is C21H20N2O2. The van der Waals surface area contributed by atoms with E-state index in [0.717, 1.165) is 16.8 Å². The SMILES string of the molecule is Cc1ccccc1N1C(=O)CN(C(=O)C#Cc2ccccc2)CC1C. The van der Waals surface area contributed by atoms with Gasteiger partial charge in [-0.15, -0.1) is 0 Å². The minimum atomic E-state index is -0.312. The van der Waals surface area contributed by atoms with Crippen molar-refractivity contribution in [3.63, 3.8) is 0 Å². The molecule has 1 unspecified atom stereocenters. The number of amides is 2. The molecule has 1 aliphatic rings. The van der Waals surface area contributed by atoms with E-state index in [9.17, 15) is 9.59 Å². The maximum absolute atomic E-state index is 12.6. The fraction of sp³-hybridized carbons (Fsp3) is 0.238. The molecule has 1 atom stereocenters. The lowest BCUT2D eigenvalue weighted by molar-refractivity contribution is -0.133. The number of piperazine rings is 1. The molecule has 0 spiro atoms. The molecule has 0 aromatic heterocycles. The second-order valence-electron chi connectivity index (χ2n) is 6.20. The van der Waals surface area contributed by atoms with Gasteiger partial charge < -0.3 is 9.80 Å². The first-order valence-electron chi connectivity index (χ1n) is 8.30. The van der Waals surface area contributed by atoms with Gasteiger partial charge in [0, 0.05) is 23.7 Å². The average Bonchev–Trinajstić information content (AvgIpc) is 2.61. The summed E-state index contributed by atoms with van der Waals surface area (Å²) in [4.78, 5) is 28.3. The summed E-state index contributed by atoms with van der Waals surface area (Å²) in [5, 5.41) is 0. The van der Waals surface area contributed by atoms with Crippen LogP contribution < -0.4 is 4.90 Å². The van der Waals surface area contributed by atoms with Crippen LogP contribution in [0.5, 0.6) is 0 Å². The highest BCUT2D eigenvalue weighted by molar-refractivity contribution is 6.02. The van der Waals surface area contributed by atoms with Crippen LogP contribution in [-0.4, -0.2) is 35.8 Å². The molecule has 0 bridgehead atoms. The van der Waals surface area contributed by atoms with Gasteiger partial charge in [0.2, 0.25) is 5.91 Å². The van der Waals surface area contributed by atoms with Crippen LogP contribution in [0.2, 0.25) is 0 Å². The maximum Gasteiger partial charge on any atom is 0.299 e. The number of nitrogens with zero attached hydrogens (tertiary/aromatic N) is 2. The highest BCUT2D eigenvalue weighted by atomic mass is 16.2. The van der Waals surface area contributed by atoms with Gasteiger partial charge in [-0.05, 0) is 37.6 Å². The average molecular weight is 332 g/mol. The zero-order valence-corrected chi connectivity index (χ0v) is 14.4. The maximum atomic E-state index is 12.6. The van der Waals surface area contributed by atoms with Crippen molar-refractivity contribution in [1.29, 1.82) is 0 Å². The lowest BCUT2D eigenvalue weighted by atomic mass is 10.1. The summed E-state index contributed by atoms with van der Waals surface area (Å²) in [5.41, 5.74) is 2.74. The van der Waals surface area contributed by atoms with E-state index in [1.54, 1.807) is 4.90 Å². The molecule has 1 aliphatic heterocycles. The predicted octanol–water partition coefficient (Wildman–Crippen LogP) is 2.61. The normalized spacial score (nSPS) is 17.0. The largest absolute Gasteiger partial charge is 0.320 e. The number of carbonyl (C=O) groups excluding carboxylic acids is 2. The Balaban J connectivity index is 1.74. The topological polar surface area (TPSA) is 40.6 Å². The van der Waals surface area contributed by atoms with Crippen molar-refractivity contribution in [3.8, 4) is 11.8 Å². The Morgan fingerprint density at radius 3 is 2.44 bits per heavy atom. The van der Waals surface area contributed by atoms with Crippen LogP contribution in [0.3, 0.4) is 0 Å². The molecule has 2 aromatic rings. The number of benzene rings is 2. The van der Waals surface area contributed by atoms with Crippen LogP contribution in [-0.2, 0) is 9.59 Å². The first-order chi connectivity index (χ1) is 12.1. The highest BCUT2D eigenvalue weighted by Gasteiger charge is 2.33. The molecule has 1 fully saturated rings. The Labute approximate surface area is 148 Å². The molecule has 126 valence electrons. The first-order valence-corrected chi connectivity index (χ1v) is 8.30. The second kappa shape index (κ2) is 7.23. The third-order valence-electron chi connectivity index (χ3n) is 4.27. The summed E-state index contributed by atoms with van der Waals surface area (Å²) in [6.07, 6.45) is 0. The smallest absolute Gasteiger partial charge is 0.299 e. The summed E-state index contributed by atoms with van der Waals surface area (Å²) in [5.74, 6) is 5.11. The van der Waals surface area contributed by atoms with Gasteiger partial charge in [0.1, 0.15) is 6.54 Å². The molecular weight excluding hydrogens is 312 g/mol. The van der Waals surface area contributed by atoms with Gasteiger partial charge >= 0.3 is 0 Å². The lowest BCUT2D eigenvalue weighted by Gasteiger charge is -2.39. The lowest BCUT2D eigenvalue weighted by Crippen LogP contribution is -2.57. The molecule has 3 rings (SSSR count). The van der Waals surface area contributed by atoms with E-state index in [2.05, 4.69) is 11.8 Å². The van der Waals surface area contributed by atoms with Crippen LogP contribution >= 0.6 is 0 Å². The standard InChI is InChI=1S/C21H20N2O2/c1-16-8-6-7-11-19(16)23-17(2)14-22(15-21(23)25)20(24)13-12-18-9-4-3-5-10-18/h3-11,17H,14-15H2,1-2H3. The number of carbonyl (C=O) groups is 2. The fourth-order valence-electron chi connectivity index (χ4n) is 3.04. The van der Waals surface area contributed by atoms with Gasteiger partial charge in [-0.1, -0.05) is 42.3 Å². The number of aryl methyl sites for hydroxylation is 1. The van der Waals surface area contributed by atoms with Gasteiger partial charge in [-0.25, -0.2) is 0 Å². The van der Waals surface area contributed by atoms with Crippen molar-refractivity contribution in [2.75, 3.05) is 18.0 Å². The van der Waals surface area contributed by atoms with Gasteiger partial charge in [-0.3, -0.25) is 9.59 Å². The van der Waals surface area contributed by atoms with Crippen molar-refractivity contribution in [2.45, 2.75) is 19.9 Å². The van der Waals surface area contributed by atoms with Crippen LogP contribution in [0.25, 0.3) is 0 Å². The number of rotatable bonds is 1. The molecule has 0 aliphatic carbocycles. The monoisotopic (exact) mass is 332 g/mol. The van der Waals surface area contributed by atoms with E-state index >= 15 is 0 Å². The van der Waals surface area contributed by atoms with E-state index in [-0.39, 0.29) is 24.4 Å². The van der Waals surface area contributed by atoms with Crippen LogP contribution in [0.4, 0.5) is 5.69 Å². The Kier molecular flexibility index (Phi) is 4.85. The van der Waals surface area contributed by atoms with Crippen molar-refractivity contribution >= 4 is 17.5 Å². The summed E-state index contributed by atoms with van der Waals surface area (Å²) in [6.45, 7) is 4.47. The summed E-state index contributed by atoms with van der Waals surface area (Å²) < 4.78 is 0. The Hall–Kier alpha value is -3.06. The summed E-state index contributed by atoms with van der Waals surface area (Å²) >= 11 is 0. The molecule has 2 aromatic carbocycles. The third-order valence-corrected chi connectivity index (χ3v) is 4.27. The van der Waals surface area contributed by atoms with Gasteiger partial charge in [-0.2, -0.15) is 0 Å². The number of hydrogen-bond acceptors (Lipinski definition) is 2. The summed E-state index contributed by atoms with van der Waals surface area (Å²) in [6, 6.07) is 17.1. The predicted molar refractivity (Wildman–Crippen MR) is 98.0 cm³/mol. The molecule has 0 N–H and O–H groups in total. The number of para-hydroxylation sites is 1. The Bertz CT molecular complexity index is 849. The van der Waals surface area contributed by atoms with E-state index in [1.807, 2.05) is 68.4 Å². The van der Waals surface area contributed by atoms with Gasteiger partial charge in [0.05, 0.1) is 6.04 Å². The quantitative estimate of drug-likeness (QED) is 0.753. The molecule has 2 amide bonds. The minimum Gasteiger partial charge on any atom is -0.320 e. The van der Waals surface area contributed by atoms with Gasteiger partial charge in [0.25, 0.3) is 5.91 Å². The van der Waals surface area contributed by atoms with Crippen molar-refractivity contribution in [3.05, 3.63) is 65.7 Å². The fourth-order valence-corrected chi connectivity index (χ4v) is 3.04. The molecule has 1 heterocycles. The van der Waals surface area contributed by atoms with E-state index < -0.39 is 0 Å². The first kappa shape index (κ1) is 16.8. The number of anilines is 1. The van der Waals surface area contributed by atoms with E-state index in [1.165, 1.54) is 4.90 Å². The van der Waals surface area contributed by atoms with Crippen molar-refractivity contribution in [1.82, 2.24) is 4.90 Å². The molecule has 1 saturated heterocycles. The molecule has 4 heteroatoms. The van der Waals surface area contributed by atoms with Crippen molar-refractivity contribution < 1.29 is 9.59 Å². The Morgan fingerprint density at radius 1 is 1.08 bits per heavy atom. The van der Waals surface area contributed by atoms with Crippen LogP contribution in [0.15, 0.2) is 54.6 Å². The van der Waals surface area contributed by atoms with Crippen LogP contribution in [0.1, 0.15) is 18.1 Å². The van der Waals surface area contributed by atoms with E-state index in [0.29, 0.717) is 6.54 Å². The van der Waals surface area contributed by atoms with Gasteiger partial charge in [0.15, 0.2) is 0 Å². The number of hydrogen-bond donors (Lipinski definition) is 0. The molecule has 0 saturated carbocycles. The van der Waals surface area contributed by atoms with Crippen molar-refractivity contribution in [2.24, 2.45) is 0 Å². The third kappa shape index (κ3) is 3.72. The van der Waals surface area contributed by atoms with Crippen LogP contribution in [0, 0.1) is 18.8 Å². The second-order valence-corrected chi connectivity index (χ2v) is 6.20. The van der Waals surface area contributed by atoms with E-state index in [4.69, 9.17) is 0 Å². The highest BCUT2D eigenvalue weighted by Crippen LogP contribution is 2.24. The molecule has 0 radical (unpaired) electrons. The molecule has 4 nitrogen and oxygen atoms in total. The summed E-state index contributed by atoms with van der Waals surface area (Å²) in [7, 11) is 0. The molecule has 25 heavy (non-hydrogen) atoms.